The molecule has 1 saturated heterocycles. The Balaban J connectivity index is 1.80. The number of carbonyl (C=O) groups is 3. The molecular formula is C20H22N2O8S. The summed E-state index contributed by atoms with van der Waals surface area (Å²) < 4.78 is 10.0. The number of β-lactam (4-membered cyclic amide) rings is 1. The Kier molecular flexibility index (Phi) is 6.65. The van der Waals surface area contributed by atoms with Gasteiger partial charge >= 0.3 is 11.9 Å². The molecule has 0 unspecified atom stereocenters. The highest BCUT2D eigenvalue weighted by atomic mass is 32.2. The van der Waals surface area contributed by atoms with Crippen LogP contribution < -0.4 is 0 Å². The number of fused-ring (bicyclic) bond motifs is 1. The van der Waals surface area contributed by atoms with Crippen LogP contribution in [0.1, 0.15) is 19.4 Å². The summed E-state index contributed by atoms with van der Waals surface area (Å²) in [5.41, 5.74) is 0.528. The van der Waals surface area contributed by atoms with Gasteiger partial charge in [-0.15, -0.1) is 11.8 Å². The highest BCUT2D eigenvalue weighted by molar-refractivity contribution is 8.03. The molecule has 0 saturated carbocycles. The van der Waals surface area contributed by atoms with E-state index in [1.54, 1.807) is 0 Å². The molecule has 0 bridgehead atoms. The van der Waals surface area contributed by atoms with Crippen LogP contribution in [-0.2, 0) is 30.5 Å². The van der Waals surface area contributed by atoms with Gasteiger partial charge in [-0.3, -0.25) is 19.7 Å². The molecule has 2 heterocycles. The second kappa shape index (κ2) is 9.06. The topological polar surface area (TPSA) is 136 Å². The van der Waals surface area contributed by atoms with E-state index in [1.165, 1.54) is 43.2 Å². The van der Waals surface area contributed by atoms with E-state index in [-0.39, 0.29) is 35.6 Å². The quantitative estimate of drug-likeness (QED) is 0.271. The minimum atomic E-state index is -0.876. The third kappa shape index (κ3) is 4.28. The number of nitro groups is 1. The van der Waals surface area contributed by atoms with Crippen LogP contribution in [0.3, 0.4) is 0 Å². The van der Waals surface area contributed by atoms with Crippen molar-refractivity contribution in [3.05, 3.63) is 50.5 Å². The molecule has 1 aromatic rings. The van der Waals surface area contributed by atoms with Crippen LogP contribution >= 0.6 is 11.8 Å². The number of nitro benzene ring substituents is 1. The average Bonchev–Trinajstić information content (AvgIpc) is 2.98. The predicted molar refractivity (Wildman–Crippen MR) is 109 cm³/mol. The molecule has 0 aliphatic carbocycles. The molecule has 166 valence electrons. The van der Waals surface area contributed by atoms with Crippen molar-refractivity contribution >= 4 is 35.3 Å². The summed E-state index contributed by atoms with van der Waals surface area (Å²) >= 11 is 1.11. The molecule has 0 aromatic heterocycles. The fourth-order valence-corrected chi connectivity index (χ4v) is 4.94. The molecule has 1 fully saturated rings. The number of esters is 2. The van der Waals surface area contributed by atoms with Gasteiger partial charge in [0.2, 0.25) is 5.91 Å². The number of non-ortho nitro benzene ring substituents is 1. The highest BCUT2D eigenvalue weighted by Gasteiger charge is 2.60. The molecule has 2 aliphatic heterocycles. The normalized spacial score (nSPS) is 23.2. The molecule has 1 amide bonds. The second-order valence-electron chi connectivity index (χ2n) is 7.33. The molecule has 0 spiro atoms. The van der Waals surface area contributed by atoms with Gasteiger partial charge in [0, 0.05) is 23.0 Å². The molecule has 1 aromatic carbocycles. The Hall–Kier alpha value is -2.92. The number of hydrogen-bond donors (Lipinski definition) is 1. The maximum Gasteiger partial charge on any atom is 0.356 e. The zero-order valence-corrected chi connectivity index (χ0v) is 18.0. The van der Waals surface area contributed by atoms with Crippen molar-refractivity contribution in [2.24, 2.45) is 11.8 Å². The van der Waals surface area contributed by atoms with Gasteiger partial charge in [-0.1, -0.05) is 6.92 Å². The van der Waals surface area contributed by atoms with Crippen LogP contribution in [0.4, 0.5) is 5.69 Å². The van der Waals surface area contributed by atoms with Crippen molar-refractivity contribution in [2.75, 3.05) is 12.9 Å². The summed E-state index contributed by atoms with van der Waals surface area (Å²) in [6, 6.07) is 5.17. The Labute approximate surface area is 182 Å². The Morgan fingerprint density at radius 2 is 1.97 bits per heavy atom. The van der Waals surface area contributed by atoms with E-state index in [9.17, 15) is 29.6 Å². The van der Waals surface area contributed by atoms with Crippen LogP contribution in [0.2, 0.25) is 0 Å². The molecule has 10 nitrogen and oxygen atoms in total. The number of rotatable bonds is 8. The number of aliphatic hydroxyl groups is 1. The van der Waals surface area contributed by atoms with Gasteiger partial charge in [0.25, 0.3) is 5.69 Å². The standard InChI is InChI=1S/C20H22N2O8S/c1-10-16-15(11(2)23)19(25)21(16)17(18(10)31-9-14(24)29-3)20(26)30-8-12-4-6-13(7-5-12)22(27)28/h4-7,10-11,15-16,23H,8-9H2,1-3H3/t10-,11-,15+,16+/m1/s1. The number of thioether (sulfide) groups is 1. The summed E-state index contributed by atoms with van der Waals surface area (Å²) in [5.74, 6) is -2.53. The van der Waals surface area contributed by atoms with Crippen LogP contribution in [-0.4, -0.2) is 57.8 Å². The van der Waals surface area contributed by atoms with Crippen molar-refractivity contribution in [3.8, 4) is 0 Å². The third-order valence-corrected chi connectivity index (χ3v) is 6.65. The van der Waals surface area contributed by atoms with E-state index >= 15 is 0 Å². The number of nitrogens with zero attached hydrogens (tertiary/aromatic N) is 2. The smallest absolute Gasteiger partial charge is 0.356 e. The monoisotopic (exact) mass is 450 g/mol. The van der Waals surface area contributed by atoms with Crippen LogP contribution in [0.15, 0.2) is 34.9 Å². The molecule has 3 rings (SSSR count). The molecule has 4 atom stereocenters. The van der Waals surface area contributed by atoms with Gasteiger partial charge in [0.15, 0.2) is 0 Å². The number of amides is 1. The maximum absolute atomic E-state index is 12.9. The molecule has 2 aliphatic rings. The van der Waals surface area contributed by atoms with Crippen molar-refractivity contribution in [2.45, 2.75) is 32.6 Å². The molecule has 11 heteroatoms. The molecule has 31 heavy (non-hydrogen) atoms. The first-order valence-electron chi connectivity index (χ1n) is 9.52. The minimum absolute atomic E-state index is 0.0383. The van der Waals surface area contributed by atoms with E-state index in [4.69, 9.17) is 4.74 Å². The lowest BCUT2D eigenvalue weighted by Crippen LogP contribution is -2.63. The summed E-state index contributed by atoms with van der Waals surface area (Å²) in [7, 11) is 1.26. The number of hydrogen-bond acceptors (Lipinski definition) is 9. The predicted octanol–water partition coefficient (Wildman–Crippen LogP) is 1.61. The van der Waals surface area contributed by atoms with E-state index in [2.05, 4.69) is 4.74 Å². The summed E-state index contributed by atoms with van der Waals surface area (Å²) in [4.78, 5) is 49.2. The van der Waals surface area contributed by atoms with E-state index < -0.39 is 34.9 Å². The van der Waals surface area contributed by atoms with Crippen molar-refractivity contribution in [1.82, 2.24) is 4.90 Å². The van der Waals surface area contributed by atoms with Crippen molar-refractivity contribution < 1.29 is 33.9 Å². The lowest BCUT2D eigenvalue weighted by Gasteiger charge is -2.46. The minimum Gasteiger partial charge on any atom is -0.468 e. The maximum atomic E-state index is 12.9. The van der Waals surface area contributed by atoms with Gasteiger partial charge < -0.3 is 19.5 Å². The number of ether oxygens (including phenoxy) is 2. The first-order chi connectivity index (χ1) is 14.7. The zero-order chi connectivity index (χ0) is 22.9. The van der Waals surface area contributed by atoms with Crippen LogP contribution in [0, 0.1) is 22.0 Å². The zero-order valence-electron chi connectivity index (χ0n) is 17.1. The Bertz CT molecular complexity index is 943. The number of carbonyl (C=O) groups excluding carboxylic acids is 3. The second-order valence-corrected chi connectivity index (χ2v) is 8.35. The fourth-order valence-electron chi connectivity index (χ4n) is 3.83. The lowest BCUT2D eigenvalue weighted by atomic mass is 9.79. The average molecular weight is 450 g/mol. The highest BCUT2D eigenvalue weighted by Crippen LogP contribution is 2.50. The number of methoxy groups -OCH3 is 1. The molecule has 0 radical (unpaired) electrons. The van der Waals surface area contributed by atoms with Gasteiger partial charge in [0.05, 0.1) is 35.8 Å². The van der Waals surface area contributed by atoms with Crippen LogP contribution in [0.25, 0.3) is 0 Å². The molecular weight excluding hydrogens is 428 g/mol. The Morgan fingerprint density at radius 1 is 1.32 bits per heavy atom. The first kappa shape index (κ1) is 22.8. The number of benzene rings is 1. The van der Waals surface area contributed by atoms with Crippen molar-refractivity contribution in [1.29, 1.82) is 0 Å². The SMILES string of the molecule is COC(=O)CSC1=C(C(=O)OCc2ccc([N+](=O)[O-])cc2)N2C(=O)[C@@H]([C@@H](C)O)[C@@H]2[C@H]1C. The van der Waals surface area contributed by atoms with Gasteiger partial charge in [-0.2, -0.15) is 0 Å². The fraction of sp³-hybridized carbons (Fsp3) is 0.450. The third-order valence-electron chi connectivity index (χ3n) is 5.39. The first-order valence-corrected chi connectivity index (χ1v) is 10.5. The number of aliphatic hydroxyl groups excluding tert-OH is 1. The molecule has 1 N–H and O–H groups in total. The van der Waals surface area contributed by atoms with E-state index in [0.717, 1.165) is 11.8 Å². The van der Waals surface area contributed by atoms with E-state index in [0.29, 0.717) is 10.5 Å². The lowest BCUT2D eigenvalue weighted by molar-refractivity contribution is -0.384. The van der Waals surface area contributed by atoms with Crippen molar-refractivity contribution in [3.63, 3.8) is 0 Å². The van der Waals surface area contributed by atoms with Gasteiger partial charge in [0.1, 0.15) is 12.3 Å². The summed E-state index contributed by atoms with van der Waals surface area (Å²) in [5, 5.41) is 20.7. The Morgan fingerprint density at radius 3 is 2.52 bits per heavy atom. The van der Waals surface area contributed by atoms with Gasteiger partial charge in [-0.25, -0.2) is 4.79 Å². The largest absolute Gasteiger partial charge is 0.468 e. The van der Waals surface area contributed by atoms with Crippen LogP contribution in [0.5, 0.6) is 0 Å². The summed E-state index contributed by atoms with van der Waals surface area (Å²) in [6.07, 6.45) is -0.876. The van der Waals surface area contributed by atoms with Gasteiger partial charge in [-0.05, 0) is 24.6 Å². The van der Waals surface area contributed by atoms with E-state index in [1.807, 2.05) is 6.92 Å². The summed E-state index contributed by atoms with van der Waals surface area (Å²) in [6.45, 7) is 3.21.